The van der Waals surface area contributed by atoms with Gasteiger partial charge in [-0.25, -0.2) is 4.68 Å². The van der Waals surface area contributed by atoms with Crippen LogP contribution in [0.25, 0.3) is 5.69 Å². The zero-order chi connectivity index (χ0) is 19.8. The number of carbonyl (C=O) groups is 2. The molecule has 1 aliphatic rings. The minimum Gasteiger partial charge on any atom is -0.369 e. The number of hydrogen-bond acceptors (Lipinski definition) is 3. The summed E-state index contributed by atoms with van der Waals surface area (Å²) in [4.78, 5) is 25.3. The number of halogens is 3. The fraction of sp³-hybridized carbons (Fsp3) is 0.389. The molecule has 0 bridgehead atoms. The molecule has 0 saturated carbocycles. The molecule has 0 atom stereocenters. The number of alkyl halides is 3. The molecule has 1 aromatic carbocycles. The summed E-state index contributed by atoms with van der Waals surface area (Å²) in [6.07, 6.45) is -3.12. The van der Waals surface area contributed by atoms with Crippen LogP contribution >= 0.6 is 0 Å². The average molecular weight is 380 g/mol. The summed E-state index contributed by atoms with van der Waals surface area (Å²) in [5.41, 5.74) is 4.53. The number of aromatic nitrogens is 2. The molecule has 0 spiro atoms. The molecule has 1 aromatic heterocycles. The predicted octanol–water partition coefficient (Wildman–Crippen LogP) is 2.54. The fourth-order valence-electron chi connectivity index (χ4n) is 3.30. The molecule has 1 saturated heterocycles. The van der Waals surface area contributed by atoms with Crippen LogP contribution in [-0.2, 0) is 11.0 Å². The fourth-order valence-corrected chi connectivity index (χ4v) is 3.30. The number of nitrogens with two attached hydrogens (primary N) is 1. The van der Waals surface area contributed by atoms with Crippen molar-refractivity contribution >= 4 is 11.8 Å². The quantitative estimate of drug-likeness (QED) is 0.889. The second-order valence-corrected chi connectivity index (χ2v) is 6.57. The number of piperidine rings is 1. The Balaban J connectivity index is 1.96. The van der Waals surface area contributed by atoms with Gasteiger partial charge in [-0.15, -0.1) is 0 Å². The van der Waals surface area contributed by atoms with Crippen LogP contribution in [-0.4, -0.2) is 39.6 Å². The lowest BCUT2D eigenvalue weighted by molar-refractivity contribution is -0.143. The third-order valence-electron chi connectivity index (χ3n) is 4.80. The topological polar surface area (TPSA) is 81.2 Å². The number of carbonyl (C=O) groups excluding carboxylic acids is 2. The molecular formula is C18H19F3N4O2. The third kappa shape index (κ3) is 3.67. The van der Waals surface area contributed by atoms with Crippen molar-refractivity contribution in [2.45, 2.75) is 25.9 Å². The zero-order valence-electron chi connectivity index (χ0n) is 14.7. The number of aryl methyl sites for hydroxylation is 1. The van der Waals surface area contributed by atoms with Crippen LogP contribution in [0.3, 0.4) is 0 Å². The summed E-state index contributed by atoms with van der Waals surface area (Å²) in [5, 5.41) is 3.85. The predicted molar refractivity (Wildman–Crippen MR) is 91.1 cm³/mol. The van der Waals surface area contributed by atoms with E-state index >= 15 is 0 Å². The Kier molecular flexibility index (Phi) is 4.95. The first-order chi connectivity index (χ1) is 12.7. The highest BCUT2D eigenvalue weighted by molar-refractivity contribution is 5.95. The van der Waals surface area contributed by atoms with Crippen molar-refractivity contribution in [2.24, 2.45) is 11.7 Å². The van der Waals surface area contributed by atoms with Crippen LogP contribution in [0.15, 0.2) is 30.5 Å². The van der Waals surface area contributed by atoms with Gasteiger partial charge in [0.2, 0.25) is 5.91 Å². The Morgan fingerprint density at radius 1 is 1.19 bits per heavy atom. The smallest absolute Gasteiger partial charge is 0.369 e. The maximum absolute atomic E-state index is 13.8. The molecule has 1 aliphatic heterocycles. The first-order valence-corrected chi connectivity index (χ1v) is 8.50. The molecule has 2 N–H and O–H groups in total. The van der Waals surface area contributed by atoms with Gasteiger partial charge in [0.25, 0.3) is 5.91 Å². The van der Waals surface area contributed by atoms with Crippen molar-refractivity contribution in [3.05, 3.63) is 47.3 Å². The van der Waals surface area contributed by atoms with Gasteiger partial charge in [-0.2, -0.15) is 18.3 Å². The summed E-state index contributed by atoms with van der Waals surface area (Å²) in [6, 6.07) is 6.52. The Hall–Kier alpha value is -2.84. The Labute approximate surface area is 153 Å². The lowest BCUT2D eigenvalue weighted by atomic mass is 9.96. The zero-order valence-corrected chi connectivity index (χ0v) is 14.7. The molecule has 2 amide bonds. The van der Waals surface area contributed by atoms with Crippen LogP contribution < -0.4 is 5.73 Å². The van der Waals surface area contributed by atoms with Gasteiger partial charge in [-0.05, 0) is 31.4 Å². The minimum absolute atomic E-state index is 0.180. The maximum Gasteiger partial charge on any atom is 0.434 e. The average Bonchev–Trinajstić information content (AvgIpc) is 3.07. The molecule has 0 aliphatic carbocycles. The van der Waals surface area contributed by atoms with E-state index in [-0.39, 0.29) is 24.7 Å². The number of primary amides is 1. The van der Waals surface area contributed by atoms with Crippen molar-refractivity contribution in [2.75, 3.05) is 13.1 Å². The Morgan fingerprint density at radius 3 is 2.37 bits per heavy atom. The highest BCUT2D eigenvalue weighted by atomic mass is 19.4. The highest BCUT2D eigenvalue weighted by Gasteiger charge is 2.42. The van der Waals surface area contributed by atoms with Gasteiger partial charge in [0.05, 0.1) is 17.4 Å². The lowest BCUT2D eigenvalue weighted by Gasteiger charge is -2.30. The Morgan fingerprint density at radius 2 is 1.81 bits per heavy atom. The van der Waals surface area contributed by atoms with Gasteiger partial charge in [0, 0.05) is 19.0 Å². The van der Waals surface area contributed by atoms with Crippen LogP contribution in [0.5, 0.6) is 0 Å². The van der Waals surface area contributed by atoms with Gasteiger partial charge in [-0.3, -0.25) is 9.59 Å². The summed E-state index contributed by atoms with van der Waals surface area (Å²) in [7, 11) is 0. The molecule has 1 fully saturated rings. The number of para-hydroxylation sites is 1. The van der Waals surface area contributed by atoms with Gasteiger partial charge in [0.1, 0.15) is 0 Å². The summed E-state index contributed by atoms with van der Waals surface area (Å²) < 4.78 is 42.0. The Bertz CT molecular complexity index is 868. The summed E-state index contributed by atoms with van der Waals surface area (Å²) in [5.74, 6) is -1.55. The van der Waals surface area contributed by atoms with Gasteiger partial charge in [0.15, 0.2) is 5.69 Å². The number of benzene rings is 1. The molecule has 9 heteroatoms. The van der Waals surface area contributed by atoms with Crippen molar-refractivity contribution in [3.8, 4) is 5.69 Å². The monoisotopic (exact) mass is 380 g/mol. The second kappa shape index (κ2) is 7.05. The first kappa shape index (κ1) is 18.9. The molecule has 0 radical (unpaired) electrons. The molecular weight excluding hydrogens is 361 g/mol. The number of rotatable bonds is 3. The summed E-state index contributed by atoms with van der Waals surface area (Å²) in [6.45, 7) is 2.03. The molecule has 0 unspecified atom stereocenters. The highest BCUT2D eigenvalue weighted by Crippen LogP contribution is 2.35. The van der Waals surface area contributed by atoms with Crippen LogP contribution in [0, 0.1) is 12.8 Å². The van der Waals surface area contributed by atoms with Crippen LogP contribution in [0.2, 0.25) is 0 Å². The SMILES string of the molecule is Cc1ccccc1-n1ncc(C(=O)N2CCC(C(N)=O)CC2)c1C(F)(F)F. The second-order valence-electron chi connectivity index (χ2n) is 6.57. The van der Waals surface area contributed by atoms with E-state index in [0.717, 1.165) is 10.9 Å². The maximum atomic E-state index is 13.8. The van der Waals surface area contributed by atoms with Crippen LogP contribution in [0.4, 0.5) is 13.2 Å². The minimum atomic E-state index is -4.75. The molecule has 27 heavy (non-hydrogen) atoms. The molecule has 2 aromatic rings. The first-order valence-electron chi connectivity index (χ1n) is 8.50. The van der Waals surface area contributed by atoms with E-state index in [0.29, 0.717) is 18.4 Å². The van der Waals surface area contributed by atoms with E-state index in [1.54, 1.807) is 25.1 Å². The number of nitrogens with zero attached hydrogens (tertiary/aromatic N) is 3. The summed E-state index contributed by atoms with van der Waals surface area (Å²) >= 11 is 0. The van der Waals surface area contributed by atoms with Gasteiger partial charge in [-0.1, -0.05) is 18.2 Å². The number of amides is 2. The van der Waals surface area contributed by atoms with E-state index in [9.17, 15) is 22.8 Å². The van der Waals surface area contributed by atoms with E-state index in [4.69, 9.17) is 5.73 Å². The molecule has 6 nitrogen and oxygen atoms in total. The van der Waals surface area contributed by atoms with Crippen molar-refractivity contribution in [1.82, 2.24) is 14.7 Å². The third-order valence-corrected chi connectivity index (χ3v) is 4.80. The van der Waals surface area contributed by atoms with E-state index < -0.39 is 29.2 Å². The number of likely N-dealkylation sites (tertiary alicyclic amines) is 1. The molecule has 3 rings (SSSR count). The van der Waals surface area contributed by atoms with Crippen molar-refractivity contribution in [3.63, 3.8) is 0 Å². The van der Waals surface area contributed by atoms with E-state index in [1.807, 2.05) is 0 Å². The van der Waals surface area contributed by atoms with E-state index in [2.05, 4.69) is 5.10 Å². The van der Waals surface area contributed by atoms with E-state index in [1.165, 1.54) is 11.0 Å². The van der Waals surface area contributed by atoms with Gasteiger partial charge < -0.3 is 10.6 Å². The normalized spacial score (nSPS) is 15.8. The van der Waals surface area contributed by atoms with Crippen LogP contribution in [0.1, 0.15) is 34.5 Å². The lowest BCUT2D eigenvalue weighted by Crippen LogP contribution is -2.42. The largest absolute Gasteiger partial charge is 0.434 e. The number of hydrogen-bond donors (Lipinski definition) is 1. The molecule has 144 valence electrons. The van der Waals surface area contributed by atoms with Crippen molar-refractivity contribution < 1.29 is 22.8 Å². The molecule has 2 heterocycles. The van der Waals surface area contributed by atoms with Gasteiger partial charge >= 0.3 is 6.18 Å². The van der Waals surface area contributed by atoms with Crippen molar-refractivity contribution in [1.29, 1.82) is 0 Å². The standard InChI is InChI=1S/C18H19F3N4O2/c1-11-4-2-3-5-14(11)25-15(18(19,20)21)13(10-23-25)17(27)24-8-6-12(7-9-24)16(22)26/h2-5,10,12H,6-9H2,1H3,(H2,22,26).